The number of rotatable bonds is 4. The molecule has 4 amide bonds. The van der Waals surface area contributed by atoms with Gasteiger partial charge in [0.1, 0.15) is 5.82 Å². The van der Waals surface area contributed by atoms with Crippen LogP contribution >= 0.6 is 31.9 Å². The Bertz CT molecular complexity index is 1150. The first-order valence-corrected chi connectivity index (χ1v) is 13.9. The SMILES string of the molecule is CC(=O)N1CCC(C(=O)N2C[C@@H](N(C)C(=O)N(C)c3cc(Br)cc(Br)c3)[C@H](c3ccc(F)cc3)C2)CC1. The summed E-state index contributed by atoms with van der Waals surface area (Å²) in [6.07, 6.45) is 1.27. The number of hydrogen-bond acceptors (Lipinski definition) is 3. The van der Waals surface area contributed by atoms with Gasteiger partial charge in [-0.05, 0) is 48.7 Å². The van der Waals surface area contributed by atoms with Gasteiger partial charge in [0.25, 0.3) is 0 Å². The minimum absolute atomic E-state index is 0.0326. The van der Waals surface area contributed by atoms with E-state index in [9.17, 15) is 18.8 Å². The number of halogens is 3. The Morgan fingerprint density at radius 2 is 1.51 bits per heavy atom. The molecule has 2 atom stereocenters. The fourth-order valence-corrected chi connectivity index (χ4v) is 6.59. The summed E-state index contributed by atoms with van der Waals surface area (Å²) in [5.41, 5.74) is 1.61. The molecule has 2 saturated heterocycles. The van der Waals surface area contributed by atoms with Crippen molar-refractivity contribution in [2.75, 3.05) is 45.2 Å². The van der Waals surface area contributed by atoms with Crippen LogP contribution in [-0.2, 0) is 9.59 Å². The maximum absolute atomic E-state index is 13.7. The molecular weight excluding hydrogens is 607 g/mol. The number of benzene rings is 2. The van der Waals surface area contributed by atoms with Crippen LogP contribution in [0.5, 0.6) is 0 Å². The van der Waals surface area contributed by atoms with Gasteiger partial charge in [-0.2, -0.15) is 0 Å². The third-order valence-corrected chi connectivity index (χ3v) is 8.42. The Kier molecular flexibility index (Phi) is 8.58. The standard InChI is InChI=1S/C27H31Br2FN4O3/c1-17(35)33-10-8-19(9-11-33)26(36)34-15-24(18-4-6-22(30)7-5-18)25(16-34)32(3)27(37)31(2)23-13-20(28)12-21(29)14-23/h4-7,12-14,19,24-25H,8-11,15-16H2,1-3H3/t24-,25+/m0/s1. The molecule has 2 heterocycles. The fraction of sp³-hybridized carbons (Fsp3) is 0.444. The Labute approximate surface area is 233 Å². The summed E-state index contributed by atoms with van der Waals surface area (Å²) in [5, 5.41) is 0. The van der Waals surface area contributed by atoms with E-state index in [1.165, 1.54) is 12.1 Å². The lowest BCUT2D eigenvalue weighted by molar-refractivity contribution is -0.139. The van der Waals surface area contributed by atoms with E-state index in [0.29, 0.717) is 39.0 Å². The molecule has 0 saturated carbocycles. The van der Waals surface area contributed by atoms with E-state index >= 15 is 0 Å². The van der Waals surface area contributed by atoms with Crippen LogP contribution in [0.3, 0.4) is 0 Å². The number of amides is 4. The van der Waals surface area contributed by atoms with Crippen molar-refractivity contribution in [2.24, 2.45) is 5.92 Å². The van der Waals surface area contributed by atoms with Gasteiger partial charge in [0.05, 0.1) is 6.04 Å². The maximum atomic E-state index is 13.7. The van der Waals surface area contributed by atoms with Crippen molar-refractivity contribution in [1.82, 2.24) is 14.7 Å². The molecule has 0 spiro atoms. The van der Waals surface area contributed by atoms with Gasteiger partial charge in [0.2, 0.25) is 11.8 Å². The summed E-state index contributed by atoms with van der Waals surface area (Å²) < 4.78 is 15.4. The Morgan fingerprint density at radius 1 is 0.919 bits per heavy atom. The van der Waals surface area contributed by atoms with Crippen molar-refractivity contribution in [3.05, 3.63) is 62.8 Å². The highest BCUT2D eigenvalue weighted by Gasteiger charge is 2.42. The topological polar surface area (TPSA) is 64.2 Å². The molecule has 2 aromatic rings. The Morgan fingerprint density at radius 3 is 2.08 bits per heavy atom. The van der Waals surface area contributed by atoms with Crippen molar-refractivity contribution < 1.29 is 18.8 Å². The molecule has 0 unspecified atom stereocenters. The first-order valence-electron chi connectivity index (χ1n) is 12.3. The monoisotopic (exact) mass is 636 g/mol. The molecule has 7 nitrogen and oxygen atoms in total. The Balaban J connectivity index is 1.55. The van der Waals surface area contributed by atoms with Gasteiger partial charge in [0, 0.05) is 73.7 Å². The quantitative estimate of drug-likeness (QED) is 0.469. The molecule has 10 heteroatoms. The van der Waals surface area contributed by atoms with Crippen LogP contribution in [0.25, 0.3) is 0 Å². The predicted molar refractivity (Wildman–Crippen MR) is 148 cm³/mol. The largest absolute Gasteiger partial charge is 0.343 e. The van der Waals surface area contributed by atoms with Crippen LogP contribution in [0.4, 0.5) is 14.9 Å². The van der Waals surface area contributed by atoms with Gasteiger partial charge < -0.3 is 14.7 Å². The smallest absolute Gasteiger partial charge is 0.324 e. The zero-order chi connectivity index (χ0) is 26.9. The minimum Gasteiger partial charge on any atom is -0.343 e. The van der Waals surface area contributed by atoms with Gasteiger partial charge >= 0.3 is 6.03 Å². The predicted octanol–water partition coefficient (Wildman–Crippen LogP) is 5.09. The van der Waals surface area contributed by atoms with Gasteiger partial charge in [-0.1, -0.05) is 44.0 Å². The van der Waals surface area contributed by atoms with Crippen molar-refractivity contribution in [3.8, 4) is 0 Å². The average molecular weight is 638 g/mol. The van der Waals surface area contributed by atoms with Crippen LogP contribution < -0.4 is 4.90 Å². The molecule has 4 rings (SSSR count). The Hall–Kier alpha value is -2.46. The summed E-state index contributed by atoms with van der Waals surface area (Å²) in [5.74, 6) is -0.537. The normalized spacial score (nSPS) is 20.2. The van der Waals surface area contributed by atoms with Gasteiger partial charge in [-0.25, -0.2) is 9.18 Å². The fourth-order valence-electron chi connectivity index (χ4n) is 5.32. The molecule has 2 fully saturated rings. The number of urea groups is 1. The highest BCUT2D eigenvalue weighted by Crippen LogP contribution is 2.34. The molecular formula is C27H31Br2FN4O3. The van der Waals surface area contributed by atoms with Crippen molar-refractivity contribution in [3.63, 3.8) is 0 Å². The number of carbonyl (C=O) groups is 3. The first kappa shape index (κ1) is 27.6. The van der Waals surface area contributed by atoms with Crippen LogP contribution in [0, 0.1) is 11.7 Å². The van der Waals surface area contributed by atoms with Crippen LogP contribution in [0.2, 0.25) is 0 Å². The lowest BCUT2D eigenvalue weighted by atomic mass is 9.93. The van der Waals surface area contributed by atoms with Gasteiger partial charge in [-0.3, -0.25) is 14.5 Å². The summed E-state index contributed by atoms with van der Waals surface area (Å²) in [6, 6.07) is 11.5. The molecule has 0 aliphatic carbocycles. The van der Waals surface area contributed by atoms with Crippen LogP contribution in [0.15, 0.2) is 51.4 Å². The molecule has 2 aromatic carbocycles. The lowest BCUT2D eigenvalue weighted by Crippen LogP contribution is -2.48. The van der Waals surface area contributed by atoms with Crippen LogP contribution in [-0.4, -0.2) is 78.9 Å². The van der Waals surface area contributed by atoms with E-state index in [2.05, 4.69) is 31.9 Å². The third-order valence-electron chi connectivity index (χ3n) is 7.51. The number of hydrogen-bond donors (Lipinski definition) is 0. The second-order valence-corrected chi connectivity index (χ2v) is 11.7. The zero-order valence-electron chi connectivity index (χ0n) is 21.2. The molecule has 198 valence electrons. The second-order valence-electron chi connectivity index (χ2n) is 9.83. The number of carbonyl (C=O) groups excluding carboxylic acids is 3. The summed E-state index contributed by atoms with van der Waals surface area (Å²) in [7, 11) is 3.48. The summed E-state index contributed by atoms with van der Waals surface area (Å²) >= 11 is 6.95. The average Bonchev–Trinajstić information content (AvgIpc) is 3.32. The zero-order valence-corrected chi connectivity index (χ0v) is 24.3. The van der Waals surface area contributed by atoms with E-state index in [0.717, 1.165) is 20.2 Å². The van der Waals surface area contributed by atoms with Crippen molar-refractivity contribution >= 4 is 55.4 Å². The molecule has 0 radical (unpaired) electrons. The van der Waals surface area contributed by atoms with E-state index < -0.39 is 0 Å². The first-order chi connectivity index (χ1) is 17.5. The van der Waals surface area contributed by atoms with Crippen molar-refractivity contribution in [1.29, 1.82) is 0 Å². The molecule has 0 bridgehead atoms. The highest BCUT2D eigenvalue weighted by atomic mass is 79.9. The van der Waals surface area contributed by atoms with Crippen LogP contribution in [0.1, 0.15) is 31.2 Å². The van der Waals surface area contributed by atoms with Gasteiger partial charge in [-0.15, -0.1) is 0 Å². The molecule has 0 N–H and O–H groups in total. The maximum Gasteiger partial charge on any atom is 0.324 e. The third kappa shape index (κ3) is 6.17. The number of likely N-dealkylation sites (tertiary alicyclic amines) is 2. The molecule has 0 aromatic heterocycles. The van der Waals surface area contributed by atoms with E-state index in [1.807, 2.05) is 23.1 Å². The highest BCUT2D eigenvalue weighted by molar-refractivity contribution is 9.11. The summed E-state index contributed by atoms with van der Waals surface area (Å²) in [6.45, 7) is 3.56. The van der Waals surface area contributed by atoms with Gasteiger partial charge in [0.15, 0.2) is 0 Å². The molecule has 2 aliphatic rings. The molecule has 37 heavy (non-hydrogen) atoms. The van der Waals surface area contributed by atoms with E-state index in [-0.39, 0.29) is 41.5 Å². The van der Waals surface area contributed by atoms with E-state index in [1.54, 1.807) is 47.9 Å². The van der Waals surface area contributed by atoms with Crippen molar-refractivity contribution in [2.45, 2.75) is 31.7 Å². The number of likely N-dealkylation sites (N-methyl/N-ethyl adjacent to an activating group) is 1. The molecule has 2 aliphatic heterocycles. The number of piperidine rings is 1. The lowest BCUT2D eigenvalue weighted by Gasteiger charge is -2.33. The number of anilines is 1. The second kappa shape index (κ2) is 11.5. The number of nitrogens with zero attached hydrogens (tertiary/aromatic N) is 4. The minimum atomic E-state index is -0.326. The van der Waals surface area contributed by atoms with E-state index in [4.69, 9.17) is 0 Å². The summed E-state index contributed by atoms with van der Waals surface area (Å²) in [4.78, 5) is 45.7.